The molecule has 188 valence electrons. The quantitative estimate of drug-likeness (QED) is 0.0701. The Hall–Kier alpha value is -3.42. The molecule has 14 nitrogen and oxygen atoms in total. The van der Waals surface area contributed by atoms with Crippen molar-refractivity contribution < 1.29 is 34.2 Å². The second-order valence-electron chi connectivity index (χ2n) is 7.84. The summed E-state index contributed by atoms with van der Waals surface area (Å²) in [6.45, 7) is 4.99. The Balaban J connectivity index is 5.19. The number of carboxylic acid groups (broad SMARTS) is 2. The van der Waals surface area contributed by atoms with Gasteiger partial charge in [-0.3, -0.25) is 24.2 Å². The first kappa shape index (κ1) is 29.6. The van der Waals surface area contributed by atoms with Crippen LogP contribution in [0.4, 0.5) is 0 Å². The van der Waals surface area contributed by atoms with E-state index in [2.05, 4.69) is 20.9 Å². The lowest BCUT2D eigenvalue weighted by atomic mass is 10.0. The number of carbonyl (C=O) groups excluding carboxylic acids is 3. The topological polar surface area (TPSA) is 252 Å². The molecule has 0 bridgehead atoms. The van der Waals surface area contributed by atoms with Crippen LogP contribution < -0.4 is 33.2 Å². The highest BCUT2D eigenvalue weighted by atomic mass is 16.4. The number of nitrogens with one attached hydrogen (secondary N) is 3. The third kappa shape index (κ3) is 12.3. The number of carbonyl (C=O) groups is 5. The number of nitrogens with zero attached hydrogens (tertiary/aromatic N) is 1. The third-order valence-electron chi connectivity index (χ3n) is 4.61. The van der Waals surface area contributed by atoms with Gasteiger partial charge in [0.05, 0.1) is 6.04 Å². The van der Waals surface area contributed by atoms with E-state index in [1.165, 1.54) is 6.92 Å². The molecule has 0 radical (unpaired) electrons. The molecule has 0 saturated carbocycles. The maximum absolute atomic E-state index is 12.6. The van der Waals surface area contributed by atoms with Crippen LogP contribution in [0, 0.1) is 5.92 Å². The van der Waals surface area contributed by atoms with E-state index < -0.39 is 60.2 Å². The number of guanidine groups is 1. The van der Waals surface area contributed by atoms with Crippen LogP contribution in [-0.4, -0.2) is 76.5 Å². The zero-order valence-electron chi connectivity index (χ0n) is 19.0. The van der Waals surface area contributed by atoms with Gasteiger partial charge in [0, 0.05) is 13.0 Å². The SMILES string of the molecule is CC(NC(=O)C(N)C(C)C)C(=O)NC(CCC(=O)O)C(=O)NC(CCCN=C(N)N)C(=O)O. The number of hydrogen-bond donors (Lipinski definition) is 8. The number of aliphatic carboxylic acids is 2. The molecule has 0 heterocycles. The number of aliphatic imine (C=N–C) groups is 1. The van der Waals surface area contributed by atoms with Gasteiger partial charge < -0.3 is 43.4 Å². The van der Waals surface area contributed by atoms with Gasteiger partial charge in [-0.2, -0.15) is 0 Å². The minimum absolute atomic E-state index is 0.00298. The van der Waals surface area contributed by atoms with Crippen LogP contribution in [0.15, 0.2) is 4.99 Å². The highest BCUT2D eigenvalue weighted by molar-refractivity contribution is 5.94. The predicted molar refractivity (Wildman–Crippen MR) is 119 cm³/mol. The van der Waals surface area contributed by atoms with Gasteiger partial charge in [0.15, 0.2) is 5.96 Å². The zero-order chi connectivity index (χ0) is 25.7. The van der Waals surface area contributed by atoms with Gasteiger partial charge in [0.1, 0.15) is 18.1 Å². The van der Waals surface area contributed by atoms with Crippen molar-refractivity contribution >= 4 is 35.6 Å². The van der Waals surface area contributed by atoms with E-state index >= 15 is 0 Å². The van der Waals surface area contributed by atoms with Gasteiger partial charge in [-0.1, -0.05) is 13.8 Å². The first-order valence-electron chi connectivity index (χ1n) is 10.4. The summed E-state index contributed by atoms with van der Waals surface area (Å²) >= 11 is 0. The van der Waals surface area contributed by atoms with Crippen LogP contribution in [-0.2, 0) is 24.0 Å². The Labute approximate surface area is 191 Å². The van der Waals surface area contributed by atoms with E-state index in [0.717, 1.165) is 0 Å². The van der Waals surface area contributed by atoms with Gasteiger partial charge in [0.2, 0.25) is 17.7 Å². The first-order chi connectivity index (χ1) is 15.3. The molecule has 11 N–H and O–H groups in total. The minimum Gasteiger partial charge on any atom is -0.481 e. The molecule has 0 spiro atoms. The van der Waals surface area contributed by atoms with Gasteiger partial charge in [0.25, 0.3) is 0 Å². The maximum Gasteiger partial charge on any atom is 0.326 e. The number of hydrogen-bond acceptors (Lipinski definition) is 7. The Morgan fingerprint density at radius 3 is 1.91 bits per heavy atom. The summed E-state index contributed by atoms with van der Waals surface area (Å²) < 4.78 is 0. The smallest absolute Gasteiger partial charge is 0.326 e. The fourth-order valence-electron chi connectivity index (χ4n) is 2.54. The van der Waals surface area contributed by atoms with Crippen LogP contribution in [0.25, 0.3) is 0 Å². The molecule has 14 heteroatoms. The minimum atomic E-state index is -1.34. The van der Waals surface area contributed by atoms with E-state index in [9.17, 15) is 29.1 Å². The number of rotatable bonds is 15. The second-order valence-corrected chi connectivity index (χ2v) is 7.84. The van der Waals surface area contributed by atoms with Gasteiger partial charge >= 0.3 is 11.9 Å². The Morgan fingerprint density at radius 1 is 0.848 bits per heavy atom. The first-order valence-corrected chi connectivity index (χ1v) is 10.4. The standard InChI is InChI=1S/C19H35N7O7/c1-9(2)14(20)17(31)24-10(3)15(29)25-11(6-7-13(27)28)16(30)26-12(18(32)33)5-4-8-23-19(21)22/h9-12,14H,4-8,20H2,1-3H3,(H,24,31)(H,25,29)(H,26,30)(H,27,28)(H,32,33)(H4,21,22,23). The van der Waals surface area contributed by atoms with E-state index in [-0.39, 0.29) is 37.7 Å². The molecule has 3 amide bonds. The van der Waals surface area contributed by atoms with Crippen molar-refractivity contribution in [2.24, 2.45) is 28.1 Å². The molecule has 0 fully saturated rings. The van der Waals surface area contributed by atoms with Crippen molar-refractivity contribution in [1.82, 2.24) is 16.0 Å². The Bertz CT molecular complexity index is 738. The zero-order valence-corrected chi connectivity index (χ0v) is 19.0. The summed E-state index contributed by atoms with van der Waals surface area (Å²) in [5.74, 6) is -5.06. The fourth-order valence-corrected chi connectivity index (χ4v) is 2.54. The average Bonchev–Trinajstić information content (AvgIpc) is 2.71. The summed E-state index contributed by atoms with van der Waals surface area (Å²) in [5.41, 5.74) is 16.1. The molecule has 0 aliphatic heterocycles. The largest absolute Gasteiger partial charge is 0.481 e. The summed E-state index contributed by atoms with van der Waals surface area (Å²) in [6, 6.07) is -4.57. The fraction of sp³-hybridized carbons (Fsp3) is 0.684. The molecule has 0 rings (SSSR count). The molecular formula is C19H35N7O7. The molecule has 33 heavy (non-hydrogen) atoms. The summed E-state index contributed by atoms with van der Waals surface area (Å²) in [6.07, 6.45) is -0.504. The van der Waals surface area contributed by atoms with Gasteiger partial charge in [-0.25, -0.2) is 4.79 Å². The van der Waals surface area contributed by atoms with Crippen molar-refractivity contribution in [3.63, 3.8) is 0 Å². The summed E-state index contributed by atoms with van der Waals surface area (Å²) in [4.78, 5) is 63.3. The lowest BCUT2D eigenvalue weighted by Gasteiger charge is -2.24. The Kier molecular flexibility index (Phi) is 13.1. The van der Waals surface area contributed by atoms with E-state index in [0.29, 0.717) is 0 Å². The highest BCUT2D eigenvalue weighted by Gasteiger charge is 2.29. The molecule has 0 aromatic carbocycles. The molecule has 0 aliphatic carbocycles. The number of amides is 3. The predicted octanol–water partition coefficient (Wildman–Crippen LogP) is -2.55. The third-order valence-corrected chi connectivity index (χ3v) is 4.61. The van der Waals surface area contributed by atoms with Crippen LogP contribution in [0.5, 0.6) is 0 Å². The van der Waals surface area contributed by atoms with Crippen molar-refractivity contribution in [2.75, 3.05) is 6.54 Å². The molecule has 0 aromatic rings. The Morgan fingerprint density at radius 2 is 1.42 bits per heavy atom. The lowest BCUT2D eigenvalue weighted by molar-refractivity contribution is -0.143. The second kappa shape index (κ2) is 14.6. The molecule has 0 saturated heterocycles. The van der Waals surface area contributed by atoms with E-state index in [4.69, 9.17) is 22.3 Å². The number of nitrogens with two attached hydrogens (primary N) is 3. The monoisotopic (exact) mass is 473 g/mol. The lowest BCUT2D eigenvalue weighted by Crippen LogP contribution is -2.56. The van der Waals surface area contributed by atoms with Gasteiger partial charge in [-0.05, 0) is 32.1 Å². The van der Waals surface area contributed by atoms with Crippen LogP contribution in [0.3, 0.4) is 0 Å². The van der Waals surface area contributed by atoms with Crippen molar-refractivity contribution in [2.45, 2.75) is 70.6 Å². The van der Waals surface area contributed by atoms with E-state index in [1.807, 2.05) is 0 Å². The van der Waals surface area contributed by atoms with Crippen LogP contribution in [0.1, 0.15) is 46.5 Å². The average molecular weight is 474 g/mol. The number of carboxylic acids is 2. The molecule has 0 aliphatic rings. The summed E-state index contributed by atoms with van der Waals surface area (Å²) in [7, 11) is 0. The van der Waals surface area contributed by atoms with Crippen LogP contribution >= 0.6 is 0 Å². The van der Waals surface area contributed by atoms with Crippen molar-refractivity contribution in [3.8, 4) is 0 Å². The maximum atomic E-state index is 12.6. The van der Waals surface area contributed by atoms with Gasteiger partial charge in [-0.15, -0.1) is 0 Å². The molecule has 0 aromatic heterocycles. The molecule has 4 unspecified atom stereocenters. The molecule has 4 atom stereocenters. The molecular weight excluding hydrogens is 438 g/mol. The van der Waals surface area contributed by atoms with Crippen molar-refractivity contribution in [1.29, 1.82) is 0 Å². The normalized spacial score (nSPS) is 14.3. The highest BCUT2D eigenvalue weighted by Crippen LogP contribution is 2.04. The van der Waals surface area contributed by atoms with Crippen LogP contribution in [0.2, 0.25) is 0 Å². The van der Waals surface area contributed by atoms with E-state index in [1.54, 1.807) is 13.8 Å². The van der Waals surface area contributed by atoms with Crippen molar-refractivity contribution in [3.05, 3.63) is 0 Å². The summed E-state index contributed by atoms with van der Waals surface area (Å²) in [5, 5.41) is 25.3.